The molecule has 1 fully saturated rings. The van der Waals surface area contributed by atoms with Crippen molar-refractivity contribution in [2.24, 2.45) is 0 Å². The van der Waals surface area contributed by atoms with E-state index in [0.717, 1.165) is 21.0 Å². The Labute approximate surface area is 157 Å². The molecule has 1 aliphatic carbocycles. The van der Waals surface area contributed by atoms with Gasteiger partial charge in [-0.3, -0.25) is 0 Å². The minimum absolute atomic E-state index is 0.507. The third kappa shape index (κ3) is 2.94. The van der Waals surface area contributed by atoms with E-state index in [9.17, 15) is 10.4 Å². The first-order valence-electron chi connectivity index (χ1n) is 8.86. The lowest BCUT2D eigenvalue weighted by Crippen LogP contribution is -2.38. The molecule has 3 nitrogen and oxygen atoms in total. The van der Waals surface area contributed by atoms with Gasteiger partial charge in [0, 0.05) is 6.20 Å². The molecule has 0 spiro atoms. The minimum Gasteiger partial charge on any atom is -0.383 e. The predicted octanol–water partition coefficient (Wildman–Crippen LogP) is 5.03. The van der Waals surface area contributed by atoms with E-state index in [1.165, 1.54) is 0 Å². The van der Waals surface area contributed by atoms with Gasteiger partial charge in [0.2, 0.25) is 0 Å². The highest BCUT2D eigenvalue weighted by Crippen LogP contribution is 2.48. The lowest BCUT2D eigenvalue weighted by molar-refractivity contribution is -0.0139. The SMILES string of the molecule is N#CC1(c2ccccc2)CCC(O)(c2ncc(-c3ccccc3)s2)CC1. The molecule has 4 heteroatoms. The Hall–Kier alpha value is -2.48. The van der Waals surface area contributed by atoms with Crippen molar-refractivity contribution in [3.8, 4) is 16.5 Å². The number of nitriles is 1. The van der Waals surface area contributed by atoms with Gasteiger partial charge in [-0.2, -0.15) is 5.26 Å². The molecule has 3 aromatic rings. The van der Waals surface area contributed by atoms with Crippen molar-refractivity contribution in [2.45, 2.75) is 36.7 Å². The number of aliphatic hydroxyl groups is 1. The van der Waals surface area contributed by atoms with Gasteiger partial charge in [0.25, 0.3) is 0 Å². The van der Waals surface area contributed by atoms with Crippen LogP contribution in [-0.2, 0) is 11.0 Å². The summed E-state index contributed by atoms with van der Waals surface area (Å²) in [5.41, 5.74) is 0.722. The van der Waals surface area contributed by atoms with Crippen molar-refractivity contribution in [1.82, 2.24) is 4.98 Å². The Balaban J connectivity index is 1.57. The fraction of sp³-hybridized carbons (Fsp3) is 0.273. The number of benzene rings is 2. The van der Waals surface area contributed by atoms with Gasteiger partial charge in [-0.05, 0) is 36.8 Å². The van der Waals surface area contributed by atoms with Gasteiger partial charge in [0.15, 0.2) is 0 Å². The van der Waals surface area contributed by atoms with Crippen LogP contribution in [0.25, 0.3) is 10.4 Å². The zero-order valence-corrected chi connectivity index (χ0v) is 15.2. The van der Waals surface area contributed by atoms with Crippen molar-refractivity contribution >= 4 is 11.3 Å². The predicted molar refractivity (Wildman–Crippen MR) is 104 cm³/mol. The van der Waals surface area contributed by atoms with E-state index in [2.05, 4.69) is 23.2 Å². The van der Waals surface area contributed by atoms with E-state index >= 15 is 0 Å². The lowest BCUT2D eigenvalue weighted by Gasteiger charge is -2.39. The van der Waals surface area contributed by atoms with Crippen molar-refractivity contribution in [3.05, 3.63) is 77.4 Å². The Morgan fingerprint density at radius 1 is 0.923 bits per heavy atom. The summed E-state index contributed by atoms with van der Waals surface area (Å²) in [4.78, 5) is 5.58. The van der Waals surface area contributed by atoms with Gasteiger partial charge in [0.1, 0.15) is 10.6 Å². The molecule has 1 heterocycles. The first-order valence-corrected chi connectivity index (χ1v) is 9.68. The molecule has 1 aliphatic rings. The summed E-state index contributed by atoms with van der Waals surface area (Å²) in [6.45, 7) is 0. The van der Waals surface area contributed by atoms with Gasteiger partial charge < -0.3 is 5.11 Å². The van der Waals surface area contributed by atoms with Crippen LogP contribution >= 0.6 is 11.3 Å². The van der Waals surface area contributed by atoms with Crippen LogP contribution in [0.5, 0.6) is 0 Å². The number of hydrogen-bond donors (Lipinski definition) is 1. The normalized spacial score (nSPS) is 25.5. The molecule has 0 bridgehead atoms. The smallest absolute Gasteiger partial charge is 0.125 e. The molecular formula is C22H20N2OS. The summed E-state index contributed by atoms with van der Waals surface area (Å²) in [6.07, 6.45) is 4.24. The zero-order valence-electron chi connectivity index (χ0n) is 14.4. The highest BCUT2D eigenvalue weighted by molar-refractivity contribution is 7.15. The fourth-order valence-electron chi connectivity index (χ4n) is 3.75. The summed E-state index contributed by atoms with van der Waals surface area (Å²) in [5, 5.41) is 21.8. The molecular weight excluding hydrogens is 340 g/mol. The van der Waals surface area contributed by atoms with Gasteiger partial charge in [-0.1, -0.05) is 60.7 Å². The molecule has 130 valence electrons. The summed E-state index contributed by atoms with van der Waals surface area (Å²) in [5.74, 6) is 0. The Morgan fingerprint density at radius 2 is 1.54 bits per heavy atom. The van der Waals surface area contributed by atoms with Gasteiger partial charge in [-0.15, -0.1) is 11.3 Å². The third-order valence-corrected chi connectivity index (χ3v) is 6.67. The average Bonchev–Trinajstić information content (AvgIpc) is 3.22. The third-order valence-electron chi connectivity index (χ3n) is 5.43. The Bertz CT molecular complexity index is 920. The molecule has 0 saturated heterocycles. The second-order valence-electron chi connectivity index (χ2n) is 6.99. The molecule has 0 unspecified atom stereocenters. The molecule has 0 radical (unpaired) electrons. The second-order valence-corrected chi connectivity index (χ2v) is 8.02. The monoisotopic (exact) mass is 360 g/mol. The van der Waals surface area contributed by atoms with E-state index < -0.39 is 11.0 Å². The first-order chi connectivity index (χ1) is 12.7. The molecule has 0 atom stereocenters. The van der Waals surface area contributed by atoms with Crippen molar-refractivity contribution in [2.75, 3.05) is 0 Å². The van der Waals surface area contributed by atoms with E-state index in [4.69, 9.17) is 0 Å². The molecule has 1 saturated carbocycles. The van der Waals surface area contributed by atoms with Gasteiger partial charge in [0.05, 0.1) is 16.4 Å². The van der Waals surface area contributed by atoms with Crippen LogP contribution in [0.3, 0.4) is 0 Å². The van der Waals surface area contributed by atoms with Crippen molar-refractivity contribution < 1.29 is 5.11 Å². The maximum Gasteiger partial charge on any atom is 0.125 e. The summed E-state index contributed by atoms with van der Waals surface area (Å²) in [7, 11) is 0. The molecule has 26 heavy (non-hydrogen) atoms. The lowest BCUT2D eigenvalue weighted by atomic mass is 9.66. The van der Waals surface area contributed by atoms with Crippen LogP contribution < -0.4 is 0 Å². The van der Waals surface area contributed by atoms with Crippen LogP contribution in [0.4, 0.5) is 0 Å². The van der Waals surface area contributed by atoms with Gasteiger partial charge >= 0.3 is 0 Å². The first kappa shape index (κ1) is 17.0. The number of nitrogens with zero attached hydrogens (tertiary/aromatic N) is 2. The molecule has 1 aromatic heterocycles. The minimum atomic E-state index is -0.938. The Kier molecular flexibility index (Phi) is 4.36. The van der Waals surface area contributed by atoms with E-state index in [0.29, 0.717) is 25.7 Å². The molecule has 0 amide bonds. The van der Waals surface area contributed by atoms with E-state index in [1.54, 1.807) is 11.3 Å². The van der Waals surface area contributed by atoms with Crippen molar-refractivity contribution in [1.29, 1.82) is 5.26 Å². The highest BCUT2D eigenvalue weighted by Gasteiger charge is 2.45. The van der Waals surface area contributed by atoms with Crippen LogP contribution in [0.15, 0.2) is 66.9 Å². The second kappa shape index (κ2) is 6.68. The fourth-order valence-corrected chi connectivity index (χ4v) is 4.82. The zero-order chi connectivity index (χ0) is 18.0. The van der Waals surface area contributed by atoms with Gasteiger partial charge in [-0.25, -0.2) is 4.98 Å². The van der Waals surface area contributed by atoms with E-state index in [-0.39, 0.29) is 0 Å². The highest BCUT2D eigenvalue weighted by atomic mass is 32.1. The summed E-state index contributed by atoms with van der Waals surface area (Å²) in [6, 6.07) is 22.6. The molecule has 4 rings (SSSR count). The molecule has 2 aromatic carbocycles. The molecule has 0 aliphatic heterocycles. The topological polar surface area (TPSA) is 56.9 Å². The number of hydrogen-bond acceptors (Lipinski definition) is 4. The maximum absolute atomic E-state index is 11.2. The van der Waals surface area contributed by atoms with Crippen molar-refractivity contribution in [3.63, 3.8) is 0 Å². The summed E-state index contributed by atoms with van der Waals surface area (Å²) >= 11 is 1.55. The van der Waals surface area contributed by atoms with Crippen LogP contribution in [-0.4, -0.2) is 10.1 Å². The van der Waals surface area contributed by atoms with E-state index in [1.807, 2.05) is 54.7 Å². The van der Waals surface area contributed by atoms with Crippen LogP contribution in [0, 0.1) is 11.3 Å². The number of thiazole rings is 1. The standard InChI is InChI=1S/C22H20N2OS/c23-16-21(18-9-5-2-6-10-18)11-13-22(25,14-12-21)20-24-15-19(26-20)17-7-3-1-4-8-17/h1-10,15,25H,11-14H2. The number of rotatable bonds is 3. The molecule has 1 N–H and O–H groups in total. The Morgan fingerprint density at radius 3 is 2.15 bits per heavy atom. The quantitative estimate of drug-likeness (QED) is 0.712. The summed E-state index contributed by atoms with van der Waals surface area (Å²) < 4.78 is 0. The largest absolute Gasteiger partial charge is 0.383 e. The average molecular weight is 360 g/mol. The van der Waals surface area contributed by atoms with Crippen LogP contribution in [0.2, 0.25) is 0 Å². The van der Waals surface area contributed by atoms with Crippen LogP contribution in [0.1, 0.15) is 36.3 Å². The number of aromatic nitrogens is 1. The maximum atomic E-state index is 11.2.